The van der Waals surface area contributed by atoms with Gasteiger partial charge in [-0.25, -0.2) is 8.42 Å². The van der Waals surface area contributed by atoms with E-state index in [9.17, 15) is 21.6 Å². The number of rotatable bonds is 6. The van der Waals surface area contributed by atoms with E-state index in [2.05, 4.69) is 0 Å². The minimum atomic E-state index is -4.53. The lowest BCUT2D eigenvalue weighted by Crippen LogP contribution is -2.38. The number of hydrogen-bond acceptors (Lipinski definition) is 4. The smallest absolute Gasteiger partial charge is 0.377 e. The molecule has 0 bridgehead atoms. The van der Waals surface area contributed by atoms with Gasteiger partial charge in [0.05, 0.1) is 22.6 Å². The fourth-order valence-corrected chi connectivity index (χ4v) is 3.94. The van der Waals surface area contributed by atoms with Gasteiger partial charge in [-0.2, -0.15) is 22.7 Å². The van der Waals surface area contributed by atoms with Crippen molar-refractivity contribution in [2.45, 2.75) is 36.4 Å². The third-order valence-electron chi connectivity index (χ3n) is 3.72. The highest BCUT2D eigenvalue weighted by atomic mass is 32.2. The fraction of sp³-hybridized carbons (Fsp3) is 0.533. The van der Waals surface area contributed by atoms with Crippen LogP contribution in [0.25, 0.3) is 0 Å². The summed E-state index contributed by atoms with van der Waals surface area (Å²) in [6, 6.07) is 5.23. The van der Waals surface area contributed by atoms with Gasteiger partial charge in [0.1, 0.15) is 0 Å². The molecule has 1 aromatic rings. The first kappa shape index (κ1) is 18.7. The van der Waals surface area contributed by atoms with Crippen molar-refractivity contribution in [3.63, 3.8) is 0 Å². The Bertz CT molecular complexity index is 690. The molecule has 1 heterocycles. The van der Waals surface area contributed by atoms with Crippen molar-refractivity contribution >= 4 is 10.0 Å². The summed E-state index contributed by atoms with van der Waals surface area (Å²) in [7, 11) is -3.99. The molecule has 2 rings (SSSR count). The van der Waals surface area contributed by atoms with Gasteiger partial charge in [-0.1, -0.05) is 0 Å². The highest BCUT2D eigenvalue weighted by molar-refractivity contribution is 7.89. The van der Waals surface area contributed by atoms with E-state index in [1.54, 1.807) is 0 Å². The molecule has 1 aromatic carbocycles. The number of benzene rings is 1. The number of halogens is 3. The summed E-state index contributed by atoms with van der Waals surface area (Å²) in [5.41, 5.74) is -0.913. The molecule has 1 fully saturated rings. The van der Waals surface area contributed by atoms with Gasteiger partial charge in [-0.15, -0.1) is 0 Å². The number of sulfonamides is 1. The van der Waals surface area contributed by atoms with Gasteiger partial charge >= 0.3 is 6.18 Å². The number of nitriles is 1. The molecule has 0 aliphatic carbocycles. The van der Waals surface area contributed by atoms with Crippen molar-refractivity contribution in [1.29, 1.82) is 5.26 Å². The maximum Gasteiger partial charge on any atom is 0.416 e. The molecule has 1 aliphatic rings. The lowest BCUT2D eigenvalue weighted by Gasteiger charge is -2.24. The maximum atomic E-state index is 12.7. The van der Waals surface area contributed by atoms with E-state index in [4.69, 9.17) is 10.00 Å². The number of alkyl halides is 3. The summed E-state index contributed by atoms with van der Waals surface area (Å²) in [5, 5.41) is 8.71. The lowest BCUT2D eigenvalue weighted by molar-refractivity contribution is -0.137. The normalized spacial score (nSPS) is 18.7. The van der Waals surface area contributed by atoms with Crippen LogP contribution < -0.4 is 0 Å². The van der Waals surface area contributed by atoms with Crippen LogP contribution in [0.2, 0.25) is 0 Å². The molecular formula is C15H17F3N2O3S. The maximum absolute atomic E-state index is 12.7. The van der Waals surface area contributed by atoms with Crippen LogP contribution in [0.1, 0.15) is 24.8 Å². The van der Waals surface area contributed by atoms with Gasteiger partial charge in [0.25, 0.3) is 0 Å². The summed E-state index contributed by atoms with van der Waals surface area (Å²) in [6.45, 7) is 0.613. The largest absolute Gasteiger partial charge is 0.416 e. The van der Waals surface area contributed by atoms with Crippen molar-refractivity contribution in [3.05, 3.63) is 29.8 Å². The van der Waals surface area contributed by atoms with Crippen LogP contribution >= 0.6 is 0 Å². The van der Waals surface area contributed by atoms with E-state index in [1.807, 2.05) is 6.07 Å². The Balaban J connectivity index is 2.23. The van der Waals surface area contributed by atoms with Gasteiger partial charge in [-0.05, 0) is 37.1 Å². The number of ether oxygens (including phenoxy) is 1. The molecule has 1 unspecified atom stereocenters. The SMILES string of the molecule is N#CCCN(CC1CCCO1)S(=O)(=O)c1ccc(C(F)(F)F)cc1. The summed E-state index contributed by atoms with van der Waals surface area (Å²) in [6.07, 6.45) is -3.25. The highest BCUT2D eigenvalue weighted by Gasteiger charge is 2.32. The zero-order valence-corrected chi connectivity index (χ0v) is 13.6. The first-order valence-corrected chi connectivity index (χ1v) is 8.85. The second-order valence-electron chi connectivity index (χ2n) is 5.43. The van der Waals surface area contributed by atoms with Crippen molar-refractivity contribution in [3.8, 4) is 6.07 Å². The van der Waals surface area contributed by atoms with Gasteiger partial charge in [-0.3, -0.25) is 0 Å². The minimum Gasteiger partial charge on any atom is -0.377 e. The first-order valence-electron chi connectivity index (χ1n) is 7.41. The van der Waals surface area contributed by atoms with Gasteiger partial charge in [0.2, 0.25) is 10.0 Å². The Morgan fingerprint density at radius 2 is 1.96 bits per heavy atom. The monoisotopic (exact) mass is 362 g/mol. The number of hydrogen-bond donors (Lipinski definition) is 0. The van der Waals surface area contributed by atoms with Crippen LogP contribution in [0, 0.1) is 11.3 Å². The second kappa shape index (κ2) is 7.51. The molecule has 5 nitrogen and oxygen atoms in total. The van der Waals surface area contributed by atoms with E-state index in [0.717, 1.165) is 35.0 Å². The van der Waals surface area contributed by atoms with Crippen LogP contribution in [0.15, 0.2) is 29.2 Å². The van der Waals surface area contributed by atoms with E-state index in [-0.39, 0.29) is 30.5 Å². The number of nitrogens with zero attached hydrogens (tertiary/aromatic N) is 2. The predicted molar refractivity (Wildman–Crippen MR) is 79.4 cm³/mol. The Hall–Kier alpha value is -1.63. The first-order chi connectivity index (χ1) is 11.2. The van der Waals surface area contributed by atoms with E-state index >= 15 is 0 Å². The van der Waals surface area contributed by atoms with Crippen molar-refractivity contribution in [1.82, 2.24) is 4.31 Å². The molecule has 0 N–H and O–H groups in total. The third kappa shape index (κ3) is 4.47. The van der Waals surface area contributed by atoms with Crippen molar-refractivity contribution < 1.29 is 26.3 Å². The van der Waals surface area contributed by atoms with Crippen LogP contribution in [0.4, 0.5) is 13.2 Å². The molecule has 0 spiro atoms. The lowest BCUT2D eigenvalue weighted by atomic mass is 10.2. The zero-order valence-electron chi connectivity index (χ0n) is 12.8. The standard InChI is InChI=1S/C15H17F3N2O3S/c16-15(17,18)12-4-6-14(7-5-12)24(21,22)20(9-2-8-19)11-13-3-1-10-23-13/h4-7,13H,1-3,9-11H2. The topological polar surface area (TPSA) is 70.4 Å². The van der Waals surface area contributed by atoms with Gasteiger partial charge in [0, 0.05) is 26.1 Å². The van der Waals surface area contributed by atoms with E-state index in [1.165, 1.54) is 0 Å². The minimum absolute atomic E-state index is 0.00736. The molecule has 0 aromatic heterocycles. The summed E-state index contributed by atoms with van der Waals surface area (Å²) >= 11 is 0. The Morgan fingerprint density at radius 3 is 2.46 bits per heavy atom. The Kier molecular flexibility index (Phi) is 5.85. The molecule has 9 heteroatoms. The van der Waals surface area contributed by atoms with Crippen molar-refractivity contribution in [2.24, 2.45) is 0 Å². The molecule has 1 atom stereocenters. The van der Waals surface area contributed by atoms with Crippen LogP contribution in [-0.4, -0.2) is 38.5 Å². The van der Waals surface area contributed by atoms with Gasteiger partial charge in [0.15, 0.2) is 0 Å². The molecule has 0 saturated carbocycles. The zero-order chi connectivity index (χ0) is 17.8. The third-order valence-corrected chi connectivity index (χ3v) is 5.60. The summed E-state index contributed by atoms with van der Waals surface area (Å²) in [5.74, 6) is 0. The molecular weight excluding hydrogens is 345 g/mol. The fourth-order valence-electron chi connectivity index (χ4n) is 2.46. The molecule has 1 saturated heterocycles. The Labute approximate surface area is 138 Å². The average molecular weight is 362 g/mol. The average Bonchev–Trinajstić information content (AvgIpc) is 3.03. The molecule has 1 aliphatic heterocycles. The van der Waals surface area contributed by atoms with Gasteiger partial charge < -0.3 is 4.74 Å². The van der Waals surface area contributed by atoms with E-state index < -0.39 is 21.8 Å². The van der Waals surface area contributed by atoms with Crippen molar-refractivity contribution in [2.75, 3.05) is 19.7 Å². The quantitative estimate of drug-likeness (QED) is 0.780. The molecule has 24 heavy (non-hydrogen) atoms. The molecule has 0 amide bonds. The second-order valence-corrected chi connectivity index (χ2v) is 7.37. The van der Waals surface area contributed by atoms with E-state index in [0.29, 0.717) is 13.0 Å². The summed E-state index contributed by atoms with van der Waals surface area (Å²) < 4.78 is 69.7. The highest BCUT2D eigenvalue weighted by Crippen LogP contribution is 2.30. The van der Waals surface area contributed by atoms with Crippen LogP contribution in [0.5, 0.6) is 0 Å². The van der Waals surface area contributed by atoms with Crippen LogP contribution in [0.3, 0.4) is 0 Å². The van der Waals surface area contributed by atoms with Crippen LogP contribution in [-0.2, 0) is 20.9 Å². The Morgan fingerprint density at radius 1 is 1.29 bits per heavy atom. The molecule has 0 radical (unpaired) electrons. The predicted octanol–water partition coefficient (Wildman–Crippen LogP) is 2.79. The molecule has 132 valence electrons. The summed E-state index contributed by atoms with van der Waals surface area (Å²) in [4.78, 5) is -0.230.